The van der Waals surface area contributed by atoms with Gasteiger partial charge in [-0.3, -0.25) is 5.32 Å². The fraction of sp³-hybridized carbons (Fsp3) is 0.455. The predicted molar refractivity (Wildman–Crippen MR) is 69.6 cm³/mol. The van der Waals surface area contributed by atoms with Gasteiger partial charge in [-0.25, -0.2) is 13.2 Å². The number of nitrogen functional groups attached to an aromatic ring is 1. The molecule has 19 heavy (non-hydrogen) atoms. The number of nitrogens with two attached hydrogens (primary N) is 1. The zero-order chi connectivity index (χ0) is 14.6. The highest BCUT2D eigenvalue weighted by atomic mass is 35.5. The molecular formula is C11H13Cl2F3N2O. The van der Waals surface area contributed by atoms with Crippen molar-refractivity contribution in [2.24, 2.45) is 0 Å². The van der Waals surface area contributed by atoms with Gasteiger partial charge in [0.15, 0.2) is 12.5 Å². The van der Waals surface area contributed by atoms with Crippen molar-refractivity contribution in [1.29, 1.82) is 0 Å². The third kappa shape index (κ3) is 4.42. The average molecular weight is 317 g/mol. The van der Waals surface area contributed by atoms with Crippen LogP contribution in [-0.2, 0) is 0 Å². The van der Waals surface area contributed by atoms with Crippen LogP contribution < -0.4 is 11.1 Å². The summed E-state index contributed by atoms with van der Waals surface area (Å²) in [4.78, 5) is 0. The highest BCUT2D eigenvalue weighted by Gasteiger charge is 2.21. The molecule has 0 amide bonds. The Bertz CT molecular complexity index is 413. The summed E-state index contributed by atoms with van der Waals surface area (Å²) in [5, 5.41) is 12.1. The first-order chi connectivity index (χ1) is 8.86. The number of benzene rings is 1. The van der Waals surface area contributed by atoms with Crippen LogP contribution in [0, 0.1) is 0 Å². The summed E-state index contributed by atoms with van der Waals surface area (Å²) < 4.78 is 37.5. The van der Waals surface area contributed by atoms with Crippen LogP contribution in [0.1, 0.15) is 11.7 Å². The summed E-state index contributed by atoms with van der Waals surface area (Å²) in [6, 6.07) is 2.73. The van der Waals surface area contributed by atoms with E-state index < -0.39 is 25.2 Å². The van der Waals surface area contributed by atoms with Crippen molar-refractivity contribution in [3.8, 4) is 0 Å². The van der Waals surface area contributed by atoms with Gasteiger partial charge in [0.05, 0.1) is 21.8 Å². The minimum Gasteiger partial charge on any atom is -0.396 e. The second kappa shape index (κ2) is 7.19. The van der Waals surface area contributed by atoms with Gasteiger partial charge in [-0.05, 0) is 17.7 Å². The minimum atomic E-state index is -2.27. The van der Waals surface area contributed by atoms with Gasteiger partial charge in [0.1, 0.15) is 6.67 Å². The number of hydrogen-bond donors (Lipinski definition) is 3. The second-order valence-corrected chi connectivity index (χ2v) is 4.71. The highest BCUT2D eigenvalue weighted by molar-refractivity contribution is 6.38. The lowest BCUT2D eigenvalue weighted by Crippen LogP contribution is -2.37. The molecule has 108 valence electrons. The minimum absolute atomic E-state index is 0.144. The number of nitrogens with one attached hydrogen (secondary N) is 1. The standard InChI is InChI=1S/C11H13Cl2F3N2O/c12-6-1-5(2-7(13)10(6)17)9(19)4-18-11(16)8(15)3-14/h1-2,8-9,11,18-19H,3-4,17H2. The third-order valence-electron chi connectivity index (χ3n) is 2.46. The normalized spacial score (nSPS) is 16.1. The Hall–Kier alpha value is -0.690. The van der Waals surface area contributed by atoms with Crippen molar-refractivity contribution in [3.05, 3.63) is 27.7 Å². The fourth-order valence-electron chi connectivity index (χ4n) is 1.34. The van der Waals surface area contributed by atoms with Crippen LogP contribution >= 0.6 is 23.2 Å². The molecule has 4 N–H and O–H groups in total. The first-order valence-corrected chi connectivity index (χ1v) is 6.12. The molecule has 3 nitrogen and oxygen atoms in total. The van der Waals surface area contributed by atoms with Crippen LogP contribution in [0.3, 0.4) is 0 Å². The molecule has 8 heteroatoms. The molecule has 0 saturated carbocycles. The van der Waals surface area contributed by atoms with E-state index in [1.165, 1.54) is 12.1 Å². The number of anilines is 1. The van der Waals surface area contributed by atoms with Crippen LogP contribution in [0.25, 0.3) is 0 Å². The first kappa shape index (κ1) is 16.4. The summed E-state index contributed by atoms with van der Waals surface area (Å²) in [5.74, 6) is 0. The Balaban J connectivity index is 2.66. The van der Waals surface area contributed by atoms with Gasteiger partial charge < -0.3 is 10.8 Å². The van der Waals surface area contributed by atoms with E-state index in [9.17, 15) is 18.3 Å². The maximum Gasteiger partial charge on any atom is 0.185 e. The first-order valence-electron chi connectivity index (χ1n) is 5.36. The Labute approximate surface area is 118 Å². The summed E-state index contributed by atoms with van der Waals surface area (Å²) in [5.41, 5.74) is 5.97. The van der Waals surface area contributed by atoms with E-state index in [4.69, 9.17) is 28.9 Å². The molecule has 0 heterocycles. The monoisotopic (exact) mass is 316 g/mol. The zero-order valence-corrected chi connectivity index (χ0v) is 11.2. The summed E-state index contributed by atoms with van der Waals surface area (Å²) in [6.07, 6.45) is -5.65. The topological polar surface area (TPSA) is 58.3 Å². The SMILES string of the molecule is Nc1c(Cl)cc(C(O)CNC(F)C(F)CF)cc1Cl. The number of rotatable bonds is 6. The highest BCUT2D eigenvalue weighted by Crippen LogP contribution is 2.31. The maximum absolute atomic E-state index is 13.0. The van der Waals surface area contributed by atoms with Crippen LogP contribution in [0.4, 0.5) is 18.9 Å². The molecular weight excluding hydrogens is 304 g/mol. The molecule has 1 rings (SSSR count). The summed E-state index contributed by atoms with van der Waals surface area (Å²) in [6.45, 7) is -1.76. The molecule has 0 aliphatic heterocycles. The van der Waals surface area contributed by atoms with Gasteiger partial charge in [-0.15, -0.1) is 0 Å². The van der Waals surface area contributed by atoms with Crippen molar-refractivity contribution in [3.63, 3.8) is 0 Å². The molecule has 3 atom stereocenters. The predicted octanol–water partition coefficient (Wildman–Crippen LogP) is 2.80. The number of halogens is 5. The quantitative estimate of drug-likeness (QED) is 0.558. The van der Waals surface area contributed by atoms with E-state index in [0.29, 0.717) is 5.56 Å². The number of alkyl halides is 3. The largest absolute Gasteiger partial charge is 0.396 e. The molecule has 1 aromatic rings. The van der Waals surface area contributed by atoms with E-state index in [1.54, 1.807) is 0 Å². The van der Waals surface area contributed by atoms with Gasteiger partial charge in [-0.2, -0.15) is 0 Å². The van der Waals surface area contributed by atoms with E-state index in [2.05, 4.69) is 0 Å². The lowest BCUT2D eigenvalue weighted by molar-refractivity contribution is 0.0891. The Morgan fingerprint density at radius 2 is 1.79 bits per heavy atom. The van der Waals surface area contributed by atoms with E-state index in [-0.39, 0.29) is 22.3 Å². The average Bonchev–Trinajstić information content (AvgIpc) is 2.39. The number of aliphatic hydroxyl groups is 1. The van der Waals surface area contributed by atoms with Gasteiger partial charge >= 0.3 is 0 Å². The van der Waals surface area contributed by atoms with Crippen molar-refractivity contribution in [1.82, 2.24) is 5.32 Å². The lowest BCUT2D eigenvalue weighted by atomic mass is 10.1. The molecule has 3 unspecified atom stereocenters. The zero-order valence-electron chi connectivity index (χ0n) is 9.72. The van der Waals surface area contributed by atoms with E-state index >= 15 is 0 Å². The van der Waals surface area contributed by atoms with E-state index in [0.717, 1.165) is 0 Å². The third-order valence-corrected chi connectivity index (χ3v) is 3.08. The van der Waals surface area contributed by atoms with Crippen LogP contribution in [0.15, 0.2) is 12.1 Å². The van der Waals surface area contributed by atoms with Crippen molar-refractivity contribution < 1.29 is 18.3 Å². The fourth-order valence-corrected chi connectivity index (χ4v) is 1.85. The second-order valence-electron chi connectivity index (χ2n) is 3.89. The van der Waals surface area contributed by atoms with Gasteiger partial charge in [0.2, 0.25) is 0 Å². The van der Waals surface area contributed by atoms with Crippen molar-refractivity contribution in [2.75, 3.05) is 19.0 Å². The Kier molecular flexibility index (Phi) is 6.19. The van der Waals surface area contributed by atoms with Gasteiger partial charge in [0, 0.05) is 6.54 Å². The molecule has 0 fully saturated rings. The molecule has 0 aliphatic carbocycles. The van der Waals surface area contributed by atoms with Crippen molar-refractivity contribution >= 4 is 28.9 Å². The molecule has 0 aromatic heterocycles. The Morgan fingerprint density at radius 1 is 1.26 bits per heavy atom. The number of hydrogen-bond acceptors (Lipinski definition) is 3. The van der Waals surface area contributed by atoms with Crippen LogP contribution in [-0.4, -0.2) is 30.8 Å². The Morgan fingerprint density at radius 3 is 2.26 bits per heavy atom. The molecule has 1 aromatic carbocycles. The molecule has 0 radical (unpaired) electrons. The molecule has 0 spiro atoms. The van der Waals surface area contributed by atoms with E-state index in [1.807, 2.05) is 5.32 Å². The molecule has 0 aliphatic rings. The summed E-state index contributed by atoms with van der Waals surface area (Å²) in [7, 11) is 0. The number of aliphatic hydroxyl groups excluding tert-OH is 1. The molecule has 0 bridgehead atoms. The smallest absolute Gasteiger partial charge is 0.185 e. The van der Waals surface area contributed by atoms with Crippen LogP contribution in [0.2, 0.25) is 10.0 Å². The van der Waals surface area contributed by atoms with Crippen molar-refractivity contribution in [2.45, 2.75) is 18.6 Å². The van der Waals surface area contributed by atoms with Gasteiger partial charge in [0.25, 0.3) is 0 Å². The molecule has 0 saturated heterocycles. The summed E-state index contributed by atoms with van der Waals surface area (Å²) >= 11 is 11.5. The lowest BCUT2D eigenvalue weighted by Gasteiger charge is -2.17. The van der Waals surface area contributed by atoms with Gasteiger partial charge in [-0.1, -0.05) is 23.2 Å². The maximum atomic E-state index is 13.0. The van der Waals surface area contributed by atoms with Crippen LogP contribution in [0.5, 0.6) is 0 Å².